The molecule has 1 aromatic rings. The Balaban J connectivity index is 2.08. The summed E-state index contributed by atoms with van der Waals surface area (Å²) in [6.45, 7) is 4.59. The fraction of sp³-hybridized carbons (Fsp3) is 0.700. The third-order valence-corrected chi connectivity index (χ3v) is 4.59. The third kappa shape index (κ3) is 2.67. The molecule has 6 nitrogen and oxygen atoms in total. The van der Waals surface area contributed by atoms with Crippen molar-refractivity contribution < 1.29 is 12.9 Å². The van der Waals surface area contributed by atoms with Gasteiger partial charge in [0.2, 0.25) is 10.0 Å². The van der Waals surface area contributed by atoms with Crippen molar-refractivity contribution in [1.29, 1.82) is 0 Å². The summed E-state index contributed by atoms with van der Waals surface area (Å²) < 4.78 is 31.6. The summed E-state index contributed by atoms with van der Waals surface area (Å²) in [4.78, 5) is 0.162. The SMILES string of the molecule is Cc1noc(C)c1S(=O)(=O)NCC1CCCN1. The maximum atomic E-state index is 12.1. The maximum absolute atomic E-state index is 12.1. The lowest BCUT2D eigenvalue weighted by Gasteiger charge is -2.11. The quantitative estimate of drug-likeness (QED) is 0.813. The van der Waals surface area contributed by atoms with Crippen molar-refractivity contribution in [3.05, 3.63) is 11.5 Å². The van der Waals surface area contributed by atoms with Crippen LogP contribution in [0.25, 0.3) is 0 Å². The highest BCUT2D eigenvalue weighted by molar-refractivity contribution is 7.89. The molecule has 0 aliphatic carbocycles. The van der Waals surface area contributed by atoms with Crippen LogP contribution in [0.15, 0.2) is 9.42 Å². The number of nitrogens with zero attached hydrogens (tertiary/aromatic N) is 1. The van der Waals surface area contributed by atoms with Crippen molar-refractivity contribution in [3.63, 3.8) is 0 Å². The highest BCUT2D eigenvalue weighted by Crippen LogP contribution is 2.18. The van der Waals surface area contributed by atoms with Gasteiger partial charge in [-0.3, -0.25) is 0 Å². The predicted octanol–water partition coefficient (Wildman–Crippen LogP) is 0.322. The summed E-state index contributed by atoms with van der Waals surface area (Å²) in [6.07, 6.45) is 2.10. The molecule has 2 heterocycles. The number of aryl methyl sites for hydroxylation is 2. The topological polar surface area (TPSA) is 84.2 Å². The van der Waals surface area contributed by atoms with Gasteiger partial charge in [0.25, 0.3) is 0 Å². The third-order valence-electron chi connectivity index (χ3n) is 2.92. The van der Waals surface area contributed by atoms with Crippen molar-refractivity contribution in [2.75, 3.05) is 13.1 Å². The smallest absolute Gasteiger partial charge is 0.246 e. The average molecular weight is 259 g/mol. The first-order valence-corrected chi connectivity index (χ1v) is 7.15. The molecule has 2 N–H and O–H groups in total. The number of aromatic nitrogens is 1. The van der Waals surface area contributed by atoms with Crippen LogP contribution in [-0.4, -0.2) is 32.7 Å². The number of nitrogens with one attached hydrogen (secondary N) is 2. The fourth-order valence-electron chi connectivity index (χ4n) is 2.07. The summed E-state index contributed by atoms with van der Waals surface area (Å²) in [6, 6.07) is 0.227. The molecule has 1 atom stereocenters. The monoisotopic (exact) mass is 259 g/mol. The molecule has 0 amide bonds. The van der Waals surface area contributed by atoms with Gasteiger partial charge in [0, 0.05) is 12.6 Å². The molecule has 7 heteroatoms. The van der Waals surface area contributed by atoms with Crippen LogP contribution in [0.2, 0.25) is 0 Å². The van der Waals surface area contributed by atoms with E-state index in [4.69, 9.17) is 4.52 Å². The molecule has 1 fully saturated rings. The minimum atomic E-state index is -3.51. The molecule has 0 radical (unpaired) electrons. The Kier molecular flexibility index (Phi) is 3.50. The second-order valence-electron chi connectivity index (χ2n) is 4.30. The van der Waals surface area contributed by atoms with Gasteiger partial charge >= 0.3 is 0 Å². The first kappa shape index (κ1) is 12.5. The summed E-state index contributed by atoms with van der Waals surface area (Å²) in [5.41, 5.74) is 0.398. The van der Waals surface area contributed by atoms with E-state index < -0.39 is 10.0 Å². The average Bonchev–Trinajstić information content (AvgIpc) is 2.86. The lowest BCUT2D eigenvalue weighted by molar-refractivity contribution is 0.390. The molecule has 1 aliphatic heterocycles. The Morgan fingerprint density at radius 1 is 1.53 bits per heavy atom. The summed E-state index contributed by atoms with van der Waals surface area (Å²) in [5.74, 6) is 0.328. The second kappa shape index (κ2) is 4.75. The van der Waals surface area contributed by atoms with Crippen molar-refractivity contribution in [2.45, 2.75) is 37.6 Å². The van der Waals surface area contributed by atoms with Gasteiger partial charge < -0.3 is 9.84 Å². The zero-order valence-electron chi connectivity index (χ0n) is 9.99. The first-order chi connectivity index (χ1) is 8.00. The standard InChI is InChI=1S/C10H17N3O3S/c1-7-10(8(2)16-13-7)17(14,15)12-6-9-4-3-5-11-9/h9,11-12H,3-6H2,1-2H3. The molecular weight excluding hydrogens is 242 g/mol. The molecular formula is C10H17N3O3S. The van der Waals surface area contributed by atoms with Crippen molar-refractivity contribution in [3.8, 4) is 0 Å². The van der Waals surface area contributed by atoms with Crippen molar-refractivity contribution >= 4 is 10.0 Å². The van der Waals surface area contributed by atoms with Gasteiger partial charge in [0.05, 0.1) is 0 Å². The van der Waals surface area contributed by atoms with E-state index in [-0.39, 0.29) is 10.9 Å². The summed E-state index contributed by atoms with van der Waals surface area (Å²) in [7, 11) is -3.51. The van der Waals surface area contributed by atoms with Crippen LogP contribution in [0.4, 0.5) is 0 Å². The predicted molar refractivity (Wildman–Crippen MR) is 62.2 cm³/mol. The molecule has 96 valence electrons. The molecule has 1 aromatic heterocycles. The molecule has 0 bridgehead atoms. The van der Waals surface area contributed by atoms with Crippen LogP contribution in [0.5, 0.6) is 0 Å². The molecule has 0 spiro atoms. The Hall–Kier alpha value is -0.920. The largest absolute Gasteiger partial charge is 0.360 e. The van der Waals surface area contributed by atoms with E-state index in [1.54, 1.807) is 13.8 Å². The second-order valence-corrected chi connectivity index (χ2v) is 6.00. The zero-order chi connectivity index (χ0) is 12.5. The highest BCUT2D eigenvalue weighted by atomic mass is 32.2. The fourth-order valence-corrected chi connectivity index (χ4v) is 3.48. The minimum Gasteiger partial charge on any atom is -0.360 e. The Bertz CT molecular complexity index is 469. The van der Waals surface area contributed by atoms with Gasteiger partial charge in [-0.1, -0.05) is 5.16 Å². The van der Waals surface area contributed by atoms with Crippen molar-refractivity contribution in [2.24, 2.45) is 0 Å². The van der Waals surface area contributed by atoms with E-state index in [1.165, 1.54) is 0 Å². The van der Waals surface area contributed by atoms with E-state index in [2.05, 4.69) is 15.2 Å². The van der Waals surface area contributed by atoms with E-state index in [9.17, 15) is 8.42 Å². The van der Waals surface area contributed by atoms with Crippen LogP contribution in [0, 0.1) is 13.8 Å². The normalized spacial score (nSPS) is 20.9. The van der Waals surface area contributed by atoms with Crippen molar-refractivity contribution in [1.82, 2.24) is 15.2 Å². The van der Waals surface area contributed by atoms with Crippen LogP contribution in [0.1, 0.15) is 24.3 Å². The highest BCUT2D eigenvalue weighted by Gasteiger charge is 2.25. The molecule has 1 saturated heterocycles. The summed E-state index contributed by atoms with van der Waals surface area (Å²) in [5, 5.41) is 6.89. The van der Waals surface area contributed by atoms with Crippen LogP contribution < -0.4 is 10.0 Å². The maximum Gasteiger partial charge on any atom is 0.246 e. The van der Waals surface area contributed by atoms with E-state index in [0.29, 0.717) is 18.0 Å². The lowest BCUT2D eigenvalue weighted by Crippen LogP contribution is -2.37. The Labute approximate surface area is 101 Å². The Morgan fingerprint density at radius 2 is 2.29 bits per heavy atom. The number of hydrogen-bond acceptors (Lipinski definition) is 5. The van der Waals surface area contributed by atoms with Gasteiger partial charge in [-0.25, -0.2) is 13.1 Å². The molecule has 0 aromatic carbocycles. The molecule has 2 rings (SSSR count). The van der Waals surface area contributed by atoms with E-state index in [0.717, 1.165) is 19.4 Å². The van der Waals surface area contributed by atoms with Gasteiger partial charge in [0.15, 0.2) is 5.76 Å². The number of rotatable bonds is 4. The lowest BCUT2D eigenvalue weighted by atomic mass is 10.2. The number of sulfonamides is 1. The minimum absolute atomic E-state index is 0.162. The van der Waals surface area contributed by atoms with Gasteiger partial charge in [-0.15, -0.1) is 0 Å². The van der Waals surface area contributed by atoms with Gasteiger partial charge in [0.1, 0.15) is 10.6 Å². The molecule has 1 aliphatic rings. The van der Waals surface area contributed by atoms with Crippen LogP contribution >= 0.6 is 0 Å². The van der Waals surface area contributed by atoms with E-state index >= 15 is 0 Å². The summed E-state index contributed by atoms with van der Waals surface area (Å²) >= 11 is 0. The first-order valence-electron chi connectivity index (χ1n) is 5.66. The van der Waals surface area contributed by atoms with Gasteiger partial charge in [-0.05, 0) is 33.2 Å². The van der Waals surface area contributed by atoms with Crippen LogP contribution in [0.3, 0.4) is 0 Å². The zero-order valence-corrected chi connectivity index (χ0v) is 10.8. The Morgan fingerprint density at radius 3 is 2.82 bits per heavy atom. The number of hydrogen-bond donors (Lipinski definition) is 2. The van der Waals surface area contributed by atoms with E-state index in [1.807, 2.05) is 0 Å². The molecule has 1 unspecified atom stereocenters. The molecule has 17 heavy (non-hydrogen) atoms. The molecule has 0 saturated carbocycles. The van der Waals surface area contributed by atoms with Gasteiger partial charge in [-0.2, -0.15) is 0 Å². The van der Waals surface area contributed by atoms with Crippen LogP contribution in [-0.2, 0) is 10.0 Å².